The Morgan fingerprint density at radius 1 is 1.36 bits per heavy atom. The summed E-state index contributed by atoms with van der Waals surface area (Å²) in [6.07, 6.45) is 2.69. The molecule has 0 fully saturated rings. The maximum absolute atomic E-state index is 12.9. The van der Waals surface area contributed by atoms with Crippen LogP contribution >= 0.6 is 0 Å². The first-order valence-electron chi connectivity index (χ1n) is 8.33. The molecule has 1 aliphatic heterocycles. The second-order valence-corrected chi connectivity index (χ2v) is 6.33. The summed E-state index contributed by atoms with van der Waals surface area (Å²) in [7, 11) is 0. The lowest BCUT2D eigenvalue weighted by Gasteiger charge is -2.15. The van der Waals surface area contributed by atoms with E-state index in [4.69, 9.17) is 0 Å². The number of amides is 1. The van der Waals surface area contributed by atoms with E-state index in [0.717, 1.165) is 19.3 Å². The fourth-order valence-corrected chi connectivity index (χ4v) is 3.03. The number of hydrogen-bond donors (Lipinski definition) is 2. The lowest BCUT2D eigenvalue weighted by atomic mass is 10.1. The normalized spacial score (nSPS) is 16.8. The predicted octanol–water partition coefficient (Wildman–Crippen LogP) is 2.31. The Kier molecular flexibility index (Phi) is 4.83. The maximum Gasteiger partial charge on any atom is 0.296 e. The van der Waals surface area contributed by atoms with Crippen LogP contribution in [0.4, 0.5) is 4.39 Å². The van der Waals surface area contributed by atoms with Crippen molar-refractivity contribution in [2.75, 3.05) is 0 Å². The highest BCUT2D eigenvalue weighted by Gasteiger charge is 2.25. The van der Waals surface area contributed by atoms with Gasteiger partial charge in [-0.15, -0.1) is 0 Å². The molecule has 1 atom stereocenters. The molecule has 1 aromatic heterocycles. The summed E-state index contributed by atoms with van der Waals surface area (Å²) in [5.41, 5.74) is -0.133. The first-order chi connectivity index (χ1) is 12.0. The van der Waals surface area contributed by atoms with Crippen molar-refractivity contribution in [3.63, 3.8) is 0 Å². The molecule has 0 unspecified atom stereocenters. The van der Waals surface area contributed by atoms with E-state index in [9.17, 15) is 19.1 Å². The highest BCUT2D eigenvalue weighted by Crippen LogP contribution is 2.25. The minimum atomic E-state index is -0.630. The number of carbonyl (C=O) groups excluding carboxylic acids is 1. The number of aromatic hydroxyl groups is 1. The van der Waals surface area contributed by atoms with Gasteiger partial charge in [-0.1, -0.05) is 25.5 Å². The Morgan fingerprint density at radius 3 is 2.80 bits per heavy atom. The smallest absolute Gasteiger partial charge is 0.296 e. The molecular weight excluding hydrogens is 325 g/mol. The molecule has 132 valence electrons. The molecule has 2 heterocycles. The first kappa shape index (κ1) is 17.1. The molecule has 1 amide bonds. The molecule has 1 aromatic carbocycles. The van der Waals surface area contributed by atoms with E-state index in [-0.39, 0.29) is 24.0 Å². The minimum Gasteiger partial charge on any atom is -0.501 e. The fourth-order valence-electron chi connectivity index (χ4n) is 3.03. The van der Waals surface area contributed by atoms with Crippen molar-refractivity contribution in [2.45, 2.75) is 45.2 Å². The van der Waals surface area contributed by atoms with Crippen molar-refractivity contribution in [3.8, 4) is 5.75 Å². The fraction of sp³-hybridized carbons (Fsp3) is 0.389. The number of aromatic nitrogens is 2. The Bertz CT molecular complexity index is 846. The van der Waals surface area contributed by atoms with Crippen molar-refractivity contribution in [1.82, 2.24) is 14.9 Å². The molecule has 2 N–H and O–H groups in total. The summed E-state index contributed by atoms with van der Waals surface area (Å²) < 4.78 is 14.4. The van der Waals surface area contributed by atoms with Crippen molar-refractivity contribution >= 4 is 5.91 Å². The van der Waals surface area contributed by atoms with E-state index in [1.54, 1.807) is 12.1 Å². The monoisotopic (exact) mass is 345 g/mol. The molecule has 25 heavy (non-hydrogen) atoms. The lowest BCUT2D eigenvalue weighted by Crippen LogP contribution is -2.31. The molecular formula is C18H20FN3O3. The average Bonchev–Trinajstić information content (AvgIpc) is 2.79. The zero-order valence-corrected chi connectivity index (χ0v) is 14.0. The molecule has 0 radical (unpaired) electrons. The summed E-state index contributed by atoms with van der Waals surface area (Å²) >= 11 is 0. The second-order valence-electron chi connectivity index (χ2n) is 6.33. The Morgan fingerprint density at radius 2 is 2.08 bits per heavy atom. The Hall–Kier alpha value is -2.70. The number of rotatable bonds is 3. The molecule has 0 saturated carbocycles. The van der Waals surface area contributed by atoms with E-state index in [1.807, 2.05) is 6.92 Å². The average molecular weight is 345 g/mol. The van der Waals surface area contributed by atoms with Crippen LogP contribution < -0.4 is 10.9 Å². The quantitative estimate of drug-likeness (QED) is 0.894. The molecule has 0 aliphatic carbocycles. The van der Waals surface area contributed by atoms with Crippen LogP contribution in [-0.2, 0) is 13.1 Å². The topological polar surface area (TPSA) is 84.2 Å². The van der Waals surface area contributed by atoms with Gasteiger partial charge in [0, 0.05) is 19.0 Å². The van der Waals surface area contributed by atoms with Crippen LogP contribution in [-0.4, -0.2) is 20.6 Å². The van der Waals surface area contributed by atoms with E-state index in [0.29, 0.717) is 17.9 Å². The van der Waals surface area contributed by atoms with E-state index < -0.39 is 17.2 Å². The van der Waals surface area contributed by atoms with Crippen LogP contribution in [0.5, 0.6) is 5.75 Å². The van der Waals surface area contributed by atoms with Gasteiger partial charge in [0.25, 0.3) is 11.5 Å². The highest BCUT2D eigenvalue weighted by atomic mass is 19.1. The van der Waals surface area contributed by atoms with Gasteiger partial charge in [0.05, 0.1) is 0 Å². The summed E-state index contributed by atoms with van der Waals surface area (Å²) in [5, 5.41) is 12.7. The van der Waals surface area contributed by atoms with Gasteiger partial charge in [-0.3, -0.25) is 14.2 Å². The number of halogens is 1. The number of fused-ring (bicyclic) bond motifs is 1. The number of nitrogens with zero attached hydrogens (tertiary/aromatic N) is 2. The zero-order valence-electron chi connectivity index (χ0n) is 14.0. The summed E-state index contributed by atoms with van der Waals surface area (Å²) in [6, 6.07) is 5.70. The molecule has 7 heteroatoms. The molecule has 3 rings (SSSR count). The maximum atomic E-state index is 12.9. The summed E-state index contributed by atoms with van der Waals surface area (Å²) in [4.78, 5) is 29.1. The highest BCUT2D eigenvalue weighted by molar-refractivity contribution is 5.94. The van der Waals surface area contributed by atoms with E-state index in [1.165, 1.54) is 16.7 Å². The van der Waals surface area contributed by atoms with E-state index in [2.05, 4.69) is 10.3 Å². The molecule has 0 bridgehead atoms. The number of nitrogens with one attached hydrogen (secondary N) is 1. The van der Waals surface area contributed by atoms with E-state index >= 15 is 0 Å². The third-order valence-electron chi connectivity index (χ3n) is 4.47. The van der Waals surface area contributed by atoms with Crippen molar-refractivity contribution in [3.05, 3.63) is 57.5 Å². The van der Waals surface area contributed by atoms with Crippen LogP contribution in [0.15, 0.2) is 29.1 Å². The van der Waals surface area contributed by atoms with Crippen molar-refractivity contribution in [2.24, 2.45) is 0 Å². The number of hydrogen-bond acceptors (Lipinski definition) is 4. The molecule has 2 aromatic rings. The summed E-state index contributed by atoms with van der Waals surface area (Å²) in [5.74, 6) is -1.04. The zero-order chi connectivity index (χ0) is 18.0. The SMILES string of the molecule is C[C@H]1CCCCn2c1nc(C(=O)NCc1ccc(F)cc1)c(O)c2=O. The number of benzene rings is 1. The third-order valence-corrected chi connectivity index (χ3v) is 4.47. The number of carbonyl (C=O) groups is 1. The van der Waals surface area contributed by atoms with Crippen LogP contribution in [0.2, 0.25) is 0 Å². The minimum absolute atomic E-state index is 0.0412. The van der Waals surface area contributed by atoms with Gasteiger partial charge in [-0.25, -0.2) is 9.37 Å². The van der Waals surface area contributed by atoms with Gasteiger partial charge in [-0.05, 0) is 30.5 Å². The first-order valence-corrected chi connectivity index (χ1v) is 8.33. The standard InChI is InChI=1S/C18H20FN3O3/c1-11-4-2-3-9-22-16(11)21-14(15(23)18(22)25)17(24)20-10-12-5-7-13(19)8-6-12/h5-8,11,23H,2-4,9-10H2,1H3,(H,20,24)/t11-/m0/s1. The largest absolute Gasteiger partial charge is 0.501 e. The van der Waals surface area contributed by atoms with Crippen LogP contribution in [0, 0.1) is 5.82 Å². The van der Waals surface area contributed by atoms with Gasteiger partial charge in [0.2, 0.25) is 5.75 Å². The van der Waals surface area contributed by atoms with Crippen molar-refractivity contribution in [1.29, 1.82) is 0 Å². The molecule has 6 nitrogen and oxygen atoms in total. The van der Waals surface area contributed by atoms with Crippen molar-refractivity contribution < 1.29 is 14.3 Å². The van der Waals surface area contributed by atoms with Crippen LogP contribution in [0.1, 0.15) is 54.0 Å². The van der Waals surface area contributed by atoms with Gasteiger partial charge in [-0.2, -0.15) is 0 Å². The van der Waals surface area contributed by atoms with Crippen LogP contribution in [0.25, 0.3) is 0 Å². The lowest BCUT2D eigenvalue weighted by molar-refractivity contribution is 0.0941. The second kappa shape index (κ2) is 7.04. The van der Waals surface area contributed by atoms with Gasteiger partial charge in [0.15, 0.2) is 5.69 Å². The van der Waals surface area contributed by atoms with Gasteiger partial charge in [0.1, 0.15) is 11.6 Å². The van der Waals surface area contributed by atoms with Gasteiger partial charge >= 0.3 is 0 Å². The third kappa shape index (κ3) is 3.55. The molecule has 0 saturated heterocycles. The Balaban J connectivity index is 1.86. The molecule has 0 spiro atoms. The summed E-state index contributed by atoms with van der Waals surface area (Å²) in [6.45, 7) is 2.60. The predicted molar refractivity (Wildman–Crippen MR) is 90.0 cm³/mol. The van der Waals surface area contributed by atoms with Gasteiger partial charge < -0.3 is 10.4 Å². The Labute approximate surface area is 144 Å². The van der Waals surface area contributed by atoms with Crippen LogP contribution in [0.3, 0.4) is 0 Å². The molecule has 1 aliphatic rings.